The van der Waals surface area contributed by atoms with Crippen LogP contribution < -0.4 is 21.9 Å². The highest BCUT2D eigenvalue weighted by Crippen LogP contribution is 2.13. The molecule has 0 radical (unpaired) electrons. The molecule has 1 atom stereocenters. The van der Waals surface area contributed by atoms with E-state index in [2.05, 4.69) is 37.1 Å². The summed E-state index contributed by atoms with van der Waals surface area (Å²) in [6.07, 6.45) is 1.71. The molecule has 3 rings (SSSR count). The maximum absolute atomic E-state index is 12.5. The van der Waals surface area contributed by atoms with Crippen LogP contribution in [0.1, 0.15) is 35.8 Å². The number of rotatable bonds is 9. The lowest BCUT2D eigenvalue weighted by molar-refractivity contribution is -0.137. The van der Waals surface area contributed by atoms with Gasteiger partial charge in [-0.15, -0.1) is 0 Å². The fourth-order valence-electron chi connectivity index (χ4n) is 2.94. The second kappa shape index (κ2) is 9.69. The van der Waals surface area contributed by atoms with E-state index in [0.29, 0.717) is 23.4 Å². The summed E-state index contributed by atoms with van der Waals surface area (Å²) >= 11 is 0. The van der Waals surface area contributed by atoms with E-state index in [1.54, 1.807) is 31.2 Å². The largest absolute Gasteiger partial charge is 0.481 e. The van der Waals surface area contributed by atoms with Crippen LogP contribution in [-0.4, -0.2) is 43.0 Å². The number of aliphatic carboxylic acids is 1. The van der Waals surface area contributed by atoms with Gasteiger partial charge in [0.25, 0.3) is 11.5 Å². The first-order valence-corrected chi connectivity index (χ1v) is 9.76. The molecule has 2 heterocycles. The third-order valence-corrected chi connectivity index (χ3v) is 4.65. The molecular weight excluding hydrogens is 414 g/mol. The first-order chi connectivity index (χ1) is 15.2. The first kappa shape index (κ1) is 22.4. The number of carbonyl (C=O) groups is 2. The fourth-order valence-corrected chi connectivity index (χ4v) is 2.94. The zero-order chi connectivity index (χ0) is 23.3. The zero-order valence-corrected chi connectivity index (χ0v) is 17.4. The third-order valence-electron chi connectivity index (χ3n) is 4.65. The SMILES string of the molecule is C=C(C)[C@@H](CCC(=O)O)NC(=O)c1ccc(NCc2cnc3nc(N)[nH]c(=O)c3n2)cc1. The van der Waals surface area contributed by atoms with E-state index in [-0.39, 0.29) is 35.9 Å². The summed E-state index contributed by atoms with van der Waals surface area (Å²) in [5.41, 5.74) is 7.67. The van der Waals surface area contributed by atoms with Gasteiger partial charge in [0.05, 0.1) is 24.5 Å². The maximum Gasteiger partial charge on any atom is 0.303 e. The highest BCUT2D eigenvalue weighted by molar-refractivity contribution is 5.95. The highest BCUT2D eigenvalue weighted by atomic mass is 16.4. The van der Waals surface area contributed by atoms with Crippen molar-refractivity contribution in [3.05, 3.63) is 64.2 Å². The van der Waals surface area contributed by atoms with E-state index < -0.39 is 17.6 Å². The van der Waals surface area contributed by atoms with Crippen LogP contribution in [0.3, 0.4) is 0 Å². The van der Waals surface area contributed by atoms with Gasteiger partial charge in [-0.2, -0.15) is 4.98 Å². The molecule has 1 aromatic carbocycles. The Kier molecular flexibility index (Phi) is 6.78. The third kappa shape index (κ3) is 5.65. The molecule has 11 heteroatoms. The molecule has 0 fully saturated rings. The molecule has 0 saturated carbocycles. The van der Waals surface area contributed by atoms with Gasteiger partial charge in [-0.05, 0) is 37.6 Å². The Bertz CT molecular complexity index is 1220. The molecular formula is C21H23N7O4. The minimum atomic E-state index is -0.929. The number of fused-ring (bicyclic) bond motifs is 1. The fraction of sp³-hybridized carbons (Fsp3) is 0.238. The molecule has 3 aromatic rings. The average Bonchev–Trinajstić information content (AvgIpc) is 2.75. The van der Waals surface area contributed by atoms with Crippen LogP contribution in [-0.2, 0) is 11.3 Å². The number of H-pyrrole nitrogens is 1. The Hall–Kier alpha value is -4.28. The average molecular weight is 437 g/mol. The van der Waals surface area contributed by atoms with Crippen LogP contribution in [0, 0.1) is 0 Å². The Morgan fingerprint density at radius 1 is 1.25 bits per heavy atom. The quantitative estimate of drug-likeness (QED) is 0.310. The molecule has 0 spiro atoms. The summed E-state index contributed by atoms with van der Waals surface area (Å²) in [7, 11) is 0. The van der Waals surface area contributed by atoms with E-state index in [1.807, 2.05) is 0 Å². The van der Waals surface area contributed by atoms with Gasteiger partial charge in [0.1, 0.15) is 0 Å². The summed E-state index contributed by atoms with van der Waals surface area (Å²) in [5.74, 6) is -1.27. The highest BCUT2D eigenvalue weighted by Gasteiger charge is 2.16. The molecule has 0 aliphatic heterocycles. The van der Waals surface area contributed by atoms with Gasteiger partial charge >= 0.3 is 5.97 Å². The van der Waals surface area contributed by atoms with E-state index in [9.17, 15) is 14.4 Å². The van der Waals surface area contributed by atoms with Crippen LogP contribution in [0.4, 0.5) is 11.6 Å². The molecule has 0 unspecified atom stereocenters. The van der Waals surface area contributed by atoms with Gasteiger partial charge in [-0.25, -0.2) is 9.97 Å². The number of carboxylic acids is 1. The normalized spacial score (nSPS) is 11.7. The summed E-state index contributed by atoms with van der Waals surface area (Å²) in [6, 6.07) is 6.33. The molecule has 0 aliphatic rings. The first-order valence-electron chi connectivity index (χ1n) is 9.76. The molecule has 6 N–H and O–H groups in total. The van der Waals surface area contributed by atoms with Gasteiger partial charge in [0, 0.05) is 17.7 Å². The van der Waals surface area contributed by atoms with Crippen molar-refractivity contribution in [2.45, 2.75) is 32.4 Å². The number of carboxylic acid groups (broad SMARTS) is 1. The molecule has 11 nitrogen and oxygen atoms in total. The molecule has 0 saturated heterocycles. The van der Waals surface area contributed by atoms with Crippen molar-refractivity contribution in [2.75, 3.05) is 11.1 Å². The molecule has 166 valence electrons. The van der Waals surface area contributed by atoms with Gasteiger partial charge < -0.3 is 21.5 Å². The van der Waals surface area contributed by atoms with E-state index in [4.69, 9.17) is 10.8 Å². The second-order valence-corrected chi connectivity index (χ2v) is 7.22. The van der Waals surface area contributed by atoms with E-state index in [0.717, 1.165) is 5.69 Å². The number of aromatic amines is 1. The number of benzene rings is 1. The van der Waals surface area contributed by atoms with Crippen molar-refractivity contribution in [2.24, 2.45) is 0 Å². The second-order valence-electron chi connectivity index (χ2n) is 7.22. The van der Waals surface area contributed by atoms with Gasteiger partial charge in [0.2, 0.25) is 5.95 Å². The molecule has 1 amide bonds. The van der Waals surface area contributed by atoms with Crippen LogP contribution >= 0.6 is 0 Å². The lowest BCUT2D eigenvalue weighted by atomic mass is 10.0. The monoisotopic (exact) mass is 437 g/mol. The van der Waals surface area contributed by atoms with Crippen LogP contribution in [0.2, 0.25) is 0 Å². The van der Waals surface area contributed by atoms with Crippen LogP contribution in [0.5, 0.6) is 0 Å². The summed E-state index contributed by atoms with van der Waals surface area (Å²) in [6.45, 7) is 5.86. The van der Waals surface area contributed by atoms with E-state index >= 15 is 0 Å². The van der Waals surface area contributed by atoms with Crippen molar-refractivity contribution in [3.63, 3.8) is 0 Å². The standard InChI is InChI=1S/C21H23N7O4/c1-11(2)15(7-8-16(29)30)26-19(31)12-3-5-13(6-4-12)23-9-14-10-24-18-17(25-14)20(32)28-21(22)27-18/h3-6,10,15,23H,1,7-9H2,2H3,(H,26,31)(H,29,30)(H3,22,24,27,28,32)/t15-/m1/s1. The number of nitrogens with one attached hydrogen (secondary N) is 3. The van der Waals surface area contributed by atoms with E-state index in [1.165, 1.54) is 6.20 Å². The van der Waals surface area contributed by atoms with Crippen molar-refractivity contribution < 1.29 is 14.7 Å². The van der Waals surface area contributed by atoms with Crippen LogP contribution in [0.15, 0.2) is 47.4 Å². The Morgan fingerprint density at radius 2 is 1.97 bits per heavy atom. The van der Waals surface area contributed by atoms with Gasteiger partial charge in [0.15, 0.2) is 11.2 Å². The van der Waals surface area contributed by atoms with Crippen molar-refractivity contribution >= 4 is 34.7 Å². The zero-order valence-electron chi connectivity index (χ0n) is 17.4. The molecule has 0 aliphatic carbocycles. The number of hydrogen-bond donors (Lipinski definition) is 5. The Morgan fingerprint density at radius 3 is 2.62 bits per heavy atom. The minimum absolute atomic E-state index is 0.0248. The Balaban J connectivity index is 1.62. The molecule has 2 aromatic heterocycles. The van der Waals surface area contributed by atoms with Crippen molar-refractivity contribution in [1.29, 1.82) is 0 Å². The Labute approximate surface area is 182 Å². The summed E-state index contributed by atoms with van der Waals surface area (Å²) in [4.78, 5) is 49.9. The lowest BCUT2D eigenvalue weighted by Crippen LogP contribution is -2.35. The number of nitrogens with two attached hydrogens (primary N) is 1. The number of nitrogens with zero attached hydrogens (tertiary/aromatic N) is 3. The summed E-state index contributed by atoms with van der Waals surface area (Å²) in [5, 5.41) is 14.8. The van der Waals surface area contributed by atoms with Gasteiger partial charge in [-0.1, -0.05) is 12.2 Å². The molecule has 0 bridgehead atoms. The topological polar surface area (TPSA) is 176 Å². The predicted molar refractivity (Wildman–Crippen MR) is 119 cm³/mol. The molecule has 32 heavy (non-hydrogen) atoms. The number of amides is 1. The number of anilines is 2. The summed E-state index contributed by atoms with van der Waals surface area (Å²) < 4.78 is 0. The number of hydrogen-bond acceptors (Lipinski definition) is 8. The smallest absolute Gasteiger partial charge is 0.303 e. The number of aromatic nitrogens is 4. The predicted octanol–water partition coefficient (Wildman–Crippen LogP) is 1.45. The van der Waals surface area contributed by atoms with Crippen molar-refractivity contribution in [3.8, 4) is 0 Å². The maximum atomic E-state index is 12.5. The minimum Gasteiger partial charge on any atom is -0.481 e. The van der Waals surface area contributed by atoms with Gasteiger partial charge in [-0.3, -0.25) is 19.4 Å². The number of nitrogen functional groups attached to an aromatic ring is 1. The lowest BCUT2D eigenvalue weighted by Gasteiger charge is -2.18. The van der Waals surface area contributed by atoms with Crippen LogP contribution in [0.25, 0.3) is 11.2 Å². The van der Waals surface area contributed by atoms with Crippen molar-refractivity contribution in [1.82, 2.24) is 25.3 Å². The number of carbonyl (C=O) groups excluding carboxylic acids is 1.